The summed E-state index contributed by atoms with van der Waals surface area (Å²) in [6.07, 6.45) is 6.80. The van der Waals surface area contributed by atoms with Crippen molar-refractivity contribution in [2.24, 2.45) is 7.05 Å². The molecule has 0 spiro atoms. The van der Waals surface area contributed by atoms with Crippen LogP contribution >= 0.6 is 47.8 Å². The van der Waals surface area contributed by atoms with E-state index in [1.165, 1.54) is 19.3 Å². The van der Waals surface area contributed by atoms with Gasteiger partial charge in [0.15, 0.2) is 0 Å². The van der Waals surface area contributed by atoms with E-state index in [-0.39, 0.29) is 5.78 Å². The van der Waals surface area contributed by atoms with Crippen molar-refractivity contribution in [3.63, 3.8) is 0 Å². The Balaban J connectivity index is 0.000000382. The van der Waals surface area contributed by atoms with Crippen LogP contribution in [0.25, 0.3) is 0 Å². The number of aromatic nitrogens is 1. The van der Waals surface area contributed by atoms with E-state index in [4.69, 9.17) is 5.11 Å². The van der Waals surface area contributed by atoms with Crippen LogP contribution in [0.3, 0.4) is 0 Å². The number of ketones is 1. The van der Waals surface area contributed by atoms with E-state index in [9.17, 15) is 9.59 Å². The molecule has 0 unspecified atom stereocenters. The summed E-state index contributed by atoms with van der Waals surface area (Å²) in [7, 11) is 1.94. The minimum atomic E-state index is -0.670. The number of hydrogen-bond donors (Lipinski definition) is 1. The lowest BCUT2D eigenvalue weighted by Gasteiger charge is -2.10. The molecule has 30 heavy (non-hydrogen) atoms. The smallest absolute Gasteiger partial charge is 0.303 e. The van der Waals surface area contributed by atoms with Gasteiger partial charge in [0.05, 0.1) is 5.69 Å². The summed E-state index contributed by atoms with van der Waals surface area (Å²) in [5, 5.41) is 8.27. The lowest BCUT2D eigenvalue weighted by molar-refractivity contribution is -0.137. The molecule has 0 fully saturated rings. The molecule has 4 nitrogen and oxygen atoms in total. The summed E-state index contributed by atoms with van der Waals surface area (Å²) in [4.78, 5) is 22.9. The largest absolute Gasteiger partial charge is 0.481 e. The Morgan fingerprint density at radius 1 is 1.00 bits per heavy atom. The molecule has 0 radical (unpaired) electrons. The zero-order valence-electron chi connectivity index (χ0n) is 18.0. The third-order valence-corrected chi connectivity index (χ3v) is 7.30. The Kier molecular flexibility index (Phi) is 12.2. The van der Waals surface area contributed by atoms with Gasteiger partial charge in [-0.05, 0) is 75.4 Å². The molecule has 1 aromatic carbocycles. The van der Waals surface area contributed by atoms with Crippen LogP contribution in [-0.4, -0.2) is 21.4 Å². The summed E-state index contributed by atoms with van der Waals surface area (Å²) in [6.45, 7) is 6.22. The van der Waals surface area contributed by atoms with Crippen molar-refractivity contribution < 1.29 is 14.7 Å². The molecular weight excluding hydrogens is 578 g/mol. The first kappa shape index (κ1) is 27.1. The Morgan fingerprint density at radius 3 is 2.17 bits per heavy atom. The number of aryl methyl sites for hydroxylation is 2. The Labute approximate surface area is 204 Å². The summed E-state index contributed by atoms with van der Waals surface area (Å²) in [6, 6.07) is 5.83. The van der Waals surface area contributed by atoms with Gasteiger partial charge in [-0.1, -0.05) is 55.5 Å². The first-order chi connectivity index (χ1) is 14.1. The van der Waals surface area contributed by atoms with Gasteiger partial charge in [0, 0.05) is 38.1 Å². The van der Waals surface area contributed by atoms with E-state index in [1.807, 2.05) is 30.7 Å². The van der Waals surface area contributed by atoms with Crippen LogP contribution in [0.5, 0.6) is 0 Å². The molecule has 1 heterocycles. The molecule has 0 amide bonds. The lowest BCUT2D eigenvalue weighted by atomic mass is 10.1. The number of carbonyl (C=O) groups excluding carboxylic acids is 1. The average Bonchev–Trinajstić information content (AvgIpc) is 2.97. The van der Waals surface area contributed by atoms with Gasteiger partial charge in [0.25, 0.3) is 0 Å². The molecule has 0 atom stereocenters. The van der Waals surface area contributed by atoms with Crippen molar-refractivity contribution in [1.29, 1.82) is 0 Å². The van der Waals surface area contributed by atoms with Crippen molar-refractivity contribution >= 4 is 59.5 Å². The highest BCUT2D eigenvalue weighted by Crippen LogP contribution is 2.33. The van der Waals surface area contributed by atoms with Crippen LogP contribution < -0.4 is 0 Å². The van der Waals surface area contributed by atoms with Gasteiger partial charge in [0.1, 0.15) is 0 Å². The summed E-state index contributed by atoms with van der Waals surface area (Å²) >= 11 is 10.4. The number of benzene rings is 1. The van der Waals surface area contributed by atoms with Crippen molar-refractivity contribution in [2.75, 3.05) is 0 Å². The van der Waals surface area contributed by atoms with E-state index in [2.05, 4.69) is 67.7 Å². The maximum absolute atomic E-state index is 12.9. The van der Waals surface area contributed by atoms with E-state index >= 15 is 0 Å². The van der Waals surface area contributed by atoms with Crippen LogP contribution in [0.15, 0.2) is 31.6 Å². The average molecular weight is 608 g/mol. The third-order valence-electron chi connectivity index (χ3n) is 4.83. The monoisotopic (exact) mass is 605 g/mol. The van der Waals surface area contributed by atoms with Crippen molar-refractivity contribution in [3.8, 4) is 0 Å². The Morgan fingerprint density at radius 2 is 1.63 bits per heavy atom. The Bertz CT molecular complexity index is 875. The maximum atomic E-state index is 12.9. The number of unbranched alkanes of at least 4 members (excludes halogenated alkanes) is 4. The molecule has 7 heteroatoms. The van der Waals surface area contributed by atoms with Crippen molar-refractivity contribution in [2.45, 2.75) is 65.7 Å². The molecule has 2 rings (SSSR count). The fourth-order valence-corrected chi connectivity index (χ4v) is 4.86. The fourth-order valence-electron chi connectivity index (χ4n) is 3.22. The van der Waals surface area contributed by atoms with Crippen LogP contribution in [0.4, 0.5) is 0 Å². The fraction of sp³-hybridized carbons (Fsp3) is 0.478. The predicted octanol–water partition coefficient (Wildman–Crippen LogP) is 7.85. The molecule has 1 N–H and O–H groups in total. The van der Waals surface area contributed by atoms with Crippen LogP contribution in [0, 0.1) is 6.92 Å². The highest BCUT2D eigenvalue weighted by molar-refractivity contribution is 9.13. The molecule has 0 aliphatic rings. The van der Waals surface area contributed by atoms with E-state index < -0.39 is 5.97 Å². The van der Waals surface area contributed by atoms with Gasteiger partial charge < -0.3 is 9.67 Å². The maximum Gasteiger partial charge on any atom is 0.303 e. The summed E-state index contributed by atoms with van der Waals surface area (Å²) in [5.41, 5.74) is 3.57. The number of nitrogens with zero attached hydrogens (tertiary/aromatic N) is 1. The van der Waals surface area contributed by atoms with Gasteiger partial charge in [0.2, 0.25) is 5.78 Å². The molecule has 0 saturated carbocycles. The predicted molar refractivity (Wildman–Crippen MR) is 134 cm³/mol. The SMILES string of the molecule is CCCCCCCC(=O)O.CCc1cc(C)c(C(=O)c2cc(Br)cc(Br)c2Br)n1C. The minimum Gasteiger partial charge on any atom is -0.481 e. The van der Waals surface area contributed by atoms with E-state index in [0.717, 1.165) is 49.6 Å². The first-order valence-corrected chi connectivity index (χ1v) is 12.6. The van der Waals surface area contributed by atoms with Gasteiger partial charge in [-0.15, -0.1) is 0 Å². The quantitative estimate of drug-likeness (QED) is 0.179. The Hall–Kier alpha value is -0.920. The molecule has 0 aliphatic heterocycles. The van der Waals surface area contributed by atoms with Crippen LogP contribution in [0.1, 0.15) is 79.7 Å². The molecule has 0 aliphatic carbocycles. The normalized spacial score (nSPS) is 10.5. The van der Waals surface area contributed by atoms with E-state index in [0.29, 0.717) is 12.0 Å². The number of hydrogen-bond acceptors (Lipinski definition) is 2. The zero-order chi connectivity index (χ0) is 22.8. The van der Waals surface area contributed by atoms with E-state index in [1.54, 1.807) is 0 Å². The topological polar surface area (TPSA) is 59.3 Å². The second-order valence-electron chi connectivity index (χ2n) is 7.22. The number of carboxylic acids is 1. The highest BCUT2D eigenvalue weighted by Gasteiger charge is 2.21. The second-order valence-corrected chi connectivity index (χ2v) is 9.78. The molecule has 0 bridgehead atoms. The van der Waals surface area contributed by atoms with Crippen LogP contribution in [-0.2, 0) is 18.3 Å². The minimum absolute atomic E-state index is 0.0265. The van der Waals surface area contributed by atoms with Crippen molar-refractivity contribution in [3.05, 3.63) is 54.1 Å². The number of aliphatic carboxylic acids is 1. The summed E-state index contributed by atoms with van der Waals surface area (Å²) in [5.74, 6) is -0.643. The number of halogens is 3. The number of carboxylic acid groups (broad SMARTS) is 1. The molecule has 1 aromatic heterocycles. The summed E-state index contributed by atoms with van der Waals surface area (Å²) < 4.78 is 4.50. The van der Waals surface area contributed by atoms with Crippen LogP contribution in [0.2, 0.25) is 0 Å². The zero-order valence-corrected chi connectivity index (χ0v) is 22.8. The van der Waals surface area contributed by atoms with Gasteiger partial charge in [-0.3, -0.25) is 9.59 Å². The molecular formula is C23H30Br3NO3. The van der Waals surface area contributed by atoms with Crippen molar-refractivity contribution in [1.82, 2.24) is 4.57 Å². The second kappa shape index (κ2) is 13.5. The molecule has 0 saturated heterocycles. The molecule has 166 valence electrons. The first-order valence-electron chi connectivity index (χ1n) is 10.2. The third kappa shape index (κ3) is 7.97. The van der Waals surface area contributed by atoms with Gasteiger partial charge in [-0.25, -0.2) is 0 Å². The molecule has 2 aromatic rings. The lowest BCUT2D eigenvalue weighted by Crippen LogP contribution is -2.11. The van der Waals surface area contributed by atoms with Gasteiger partial charge in [-0.2, -0.15) is 0 Å². The highest BCUT2D eigenvalue weighted by atomic mass is 79.9. The number of carbonyl (C=O) groups is 2. The standard InChI is InChI=1S/C15H14Br3NO.C8H16O2/c1-4-10-5-8(2)14(19(10)3)15(20)11-6-9(16)7-12(17)13(11)18;1-2-3-4-5-6-7-8(9)10/h5-7H,4H2,1-3H3;2-7H2,1H3,(H,9,10). The number of rotatable bonds is 9. The van der Waals surface area contributed by atoms with Gasteiger partial charge >= 0.3 is 5.97 Å².